The fourth-order valence-corrected chi connectivity index (χ4v) is 4.21. The minimum atomic E-state index is -0.481. The van der Waals surface area contributed by atoms with Gasteiger partial charge in [-0.25, -0.2) is 4.39 Å². The average molecular weight is 629 g/mol. The van der Waals surface area contributed by atoms with Crippen molar-refractivity contribution in [2.75, 3.05) is 25.0 Å². The van der Waals surface area contributed by atoms with Gasteiger partial charge in [0.05, 0.1) is 5.02 Å². The van der Waals surface area contributed by atoms with E-state index in [1.54, 1.807) is 12.2 Å². The number of nitrogens with one attached hydrogen (secondary N) is 3. The third-order valence-electron chi connectivity index (χ3n) is 5.80. The molecule has 8 heteroatoms. The van der Waals surface area contributed by atoms with Crippen LogP contribution in [-0.2, 0) is 9.59 Å². The zero-order chi connectivity index (χ0) is 32.4. The number of benzene rings is 1. The quantitative estimate of drug-likeness (QED) is 0.137. The molecule has 2 fully saturated rings. The molecule has 1 aliphatic heterocycles. The second kappa shape index (κ2) is 26.5. The molecular weight excluding hydrogens is 572 g/mol. The van der Waals surface area contributed by atoms with Gasteiger partial charge in [0.25, 0.3) is 0 Å². The van der Waals surface area contributed by atoms with Crippen LogP contribution < -0.4 is 16.0 Å². The predicted octanol–water partition coefficient (Wildman–Crippen LogP) is 9.78. The molecule has 2 aliphatic rings. The summed E-state index contributed by atoms with van der Waals surface area (Å²) in [5, 5.41) is 9.02. The number of halogens is 3. The third kappa shape index (κ3) is 22.4. The lowest BCUT2D eigenvalue weighted by atomic mass is 9.85. The summed E-state index contributed by atoms with van der Waals surface area (Å²) in [6.45, 7) is 20.7. The van der Waals surface area contributed by atoms with Crippen molar-refractivity contribution in [3.05, 3.63) is 64.5 Å². The van der Waals surface area contributed by atoms with Gasteiger partial charge >= 0.3 is 0 Å². The van der Waals surface area contributed by atoms with Crippen molar-refractivity contribution in [3.63, 3.8) is 0 Å². The predicted molar refractivity (Wildman–Crippen MR) is 182 cm³/mol. The maximum absolute atomic E-state index is 13.9. The van der Waals surface area contributed by atoms with Gasteiger partial charge in [-0.05, 0) is 54.5 Å². The van der Waals surface area contributed by atoms with E-state index >= 15 is 0 Å². The van der Waals surface area contributed by atoms with Crippen molar-refractivity contribution in [2.45, 2.75) is 99.3 Å². The number of carbonyl (C=O) groups excluding carboxylic acids is 2. The summed E-state index contributed by atoms with van der Waals surface area (Å²) in [5.41, 5.74) is 1.81. The molecule has 0 radical (unpaired) electrons. The van der Waals surface area contributed by atoms with Crippen LogP contribution in [0.1, 0.15) is 105 Å². The Kier molecular flexibility index (Phi) is 26.5. The van der Waals surface area contributed by atoms with Crippen LogP contribution in [0.15, 0.2) is 48.0 Å². The summed E-state index contributed by atoms with van der Waals surface area (Å²) in [5.74, 6) is -0.113. The van der Waals surface area contributed by atoms with Gasteiger partial charge in [0.2, 0.25) is 12.8 Å². The van der Waals surface area contributed by atoms with Gasteiger partial charge in [-0.3, -0.25) is 9.59 Å². The first-order valence-electron chi connectivity index (χ1n) is 15.2. The lowest BCUT2D eigenvalue weighted by Gasteiger charge is -2.21. The minimum Gasteiger partial charge on any atom is -0.359 e. The Morgan fingerprint density at radius 1 is 1.07 bits per heavy atom. The van der Waals surface area contributed by atoms with Gasteiger partial charge in [0.1, 0.15) is 5.82 Å². The lowest BCUT2D eigenvalue weighted by molar-refractivity contribution is -0.109. The van der Waals surface area contributed by atoms with Gasteiger partial charge < -0.3 is 16.0 Å². The first-order valence-corrected chi connectivity index (χ1v) is 16.0. The first-order chi connectivity index (χ1) is 20.0. The summed E-state index contributed by atoms with van der Waals surface area (Å²) < 4.78 is 13.9. The van der Waals surface area contributed by atoms with Gasteiger partial charge in [-0.1, -0.05) is 129 Å². The topological polar surface area (TPSA) is 70.2 Å². The standard InChI is InChI=1S/C18H19Cl2FN2O.C5H10.C5H12.C4H9NO.C2H6/c1-2-13(19)6-4-3-5-12-9-22-10-15(12)14-7-17(21)16(20)8-18(14)23-11-24;1-2-4-5-3-1;1-5(2,3)4;1-2-3-5-4-6;1-2/h2-4,6-8,11-12,15,22H,1,5,9-10H2,(H,23,24);1-5H2;1-4H3;4H,2-3H2,1H3,(H,5,6);1-2H3/b4-3-,13-6+;;;;/t12-,15+;;;;/m0..../s1. The molecule has 240 valence electrons. The summed E-state index contributed by atoms with van der Waals surface area (Å²) in [4.78, 5) is 20.3. The zero-order valence-electron chi connectivity index (χ0n) is 27.0. The smallest absolute Gasteiger partial charge is 0.211 e. The molecule has 0 unspecified atom stereocenters. The number of carbonyl (C=O) groups is 2. The third-order valence-corrected chi connectivity index (χ3v) is 6.37. The number of rotatable bonds is 10. The van der Waals surface area contributed by atoms with E-state index in [1.165, 1.54) is 44.2 Å². The van der Waals surface area contributed by atoms with Crippen molar-refractivity contribution in [2.24, 2.45) is 11.3 Å². The molecule has 1 saturated carbocycles. The van der Waals surface area contributed by atoms with Crippen LogP contribution in [0, 0.1) is 17.2 Å². The van der Waals surface area contributed by atoms with E-state index < -0.39 is 5.82 Å². The Morgan fingerprint density at radius 3 is 2.10 bits per heavy atom. The molecule has 42 heavy (non-hydrogen) atoms. The maximum Gasteiger partial charge on any atom is 0.211 e. The Bertz CT molecular complexity index is 912. The number of hydrogen-bond acceptors (Lipinski definition) is 3. The molecule has 1 aromatic rings. The van der Waals surface area contributed by atoms with Gasteiger partial charge in [-0.2, -0.15) is 0 Å². The minimum absolute atomic E-state index is 0.00490. The molecule has 2 amide bonds. The van der Waals surface area contributed by atoms with Crippen molar-refractivity contribution >= 4 is 41.7 Å². The number of allylic oxidation sites excluding steroid dienone is 5. The van der Waals surface area contributed by atoms with Crippen molar-refractivity contribution in [1.29, 1.82) is 0 Å². The van der Waals surface area contributed by atoms with E-state index in [-0.39, 0.29) is 16.9 Å². The molecule has 1 saturated heterocycles. The summed E-state index contributed by atoms with van der Waals surface area (Å²) in [6, 6.07) is 2.87. The van der Waals surface area contributed by atoms with Crippen molar-refractivity contribution in [1.82, 2.24) is 10.6 Å². The summed E-state index contributed by atoms with van der Waals surface area (Å²) in [6.07, 6.45) is 17.9. The molecule has 0 spiro atoms. The first kappa shape index (κ1) is 42.0. The fraction of sp³-hybridized carbons (Fsp3) is 0.588. The van der Waals surface area contributed by atoms with Gasteiger partial charge in [0.15, 0.2) is 0 Å². The maximum atomic E-state index is 13.9. The Labute approximate surface area is 265 Å². The highest BCUT2D eigenvalue weighted by atomic mass is 35.5. The summed E-state index contributed by atoms with van der Waals surface area (Å²) >= 11 is 11.7. The van der Waals surface area contributed by atoms with E-state index in [1.807, 2.05) is 32.9 Å². The molecule has 0 aromatic heterocycles. The van der Waals surface area contributed by atoms with Crippen LogP contribution in [0.5, 0.6) is 0 Å². The lowest BCUT2D eigenvalue weighted by Crippen LogP contribution is -2.13. The van der Waals surface area contributed by atoms with E-state index in [2.05, 4.69) is 50.2 Å². The molecule has 3 N–H and O–H groups in total. The van der Waals surface area contributed by atoms with Crippen LogP contribution in [-0.4, -0.2) is 32.5 Å². The number of hydrogen-bond donors (Lipinski definition) is 3. The monoisotopic (exact) mass is 627 g/mol. The Morgan fingerprint density at radius 2 is 1.64 bits per heavy atom. The largest absolute Gasteiger partial charge is 0.359 e. The Balaban J connectivity index is 0. The molecule has 1 aromatic carbocycles. The van der Waals surface area contributed by atoms with E-state index in [0.29, 0.717) is 29.0 Å². The van der Waals surface area contributed by atoms with E-state index in [9.17, 15) is 14.0 Å². The molecule has 1 heterocycles. The zero-order valence-corrected chi connectivity index (χ0v) is 28.5. The second-order valence-corrected chi connectivity index (χ2v) is 12.2. The van der Waals surface area contributed by atoms with Gasteiger partial charge in [-0.15, -0.1) is 0 Å². The van der Waals surface area contributed by atoms with Crippen molar-refractivity contribution < 1.29 is 14.0 Å². The molecule has 3 rings (SSSR count). The highest BCUT2D eigenvalue weighted by Gasteiger charge is 2.30. The number of anilines is 1. The Hall–Kier alpha value is -2.15. The fourth-order valence-electron chi connectivity index (χ4n) is 3.97. The molecule has 5 nitrogen and oxygen atoms in total. The van der Waals surface area contributed by atoms with Crippen LogP contribution in [0.4, 0.5) is 10.1 Å². The van der Waals surface area contributed by atoms with Gasteiger partial charge in [0, 0.05) is 29.7 Å². The van der Waals surface area contributed by atoms with Crippen LogP contribution in [0.2, 0.25) is 5.02 Å². The van der Waals surface area contributed by atoms with E-state index in [0.717, 1.165) is 38.0 Å². The summed E-state index contributed by atoms with van der Waals surface area (Å²) in [7, 11) is 0. The van der Waals surface area contributed by atoms with Crippen LogP contribution in [0.3, 0.4) is 0 Å². The highest BCUT2D eigenvalue weighted by Crippen LogP contribution is 2.37. The average Bonchev–Trinajstić information content (AvgIpc) is 3.68. The van der Waals surface area contributed by atoms with E-state index in [4.69, 9.17) is 23.2 Å². The SMILES string of the molecule is C1CCCC1.C=C/C(Cl)=C\C=C/C[C@H]1CNC[C@H]1c1cc(F)c(Cl)cc1NC=O.CC.CC(C)(C)C.CCCNC=O. The molecular formula is C34H56Cl2FN3O2. The van der Waals surface area contributed by atoms with Crippen LogP contribution in [0.25, 0.3) is 0 Å². The van der Waals surface area contributed by atoms with Crippen molar-refractivity contribution in [3.8, 4) is 0 Å². The molecule has 0 bridgehead atoms. The second-order valence-electron chi connectivity index (χ2n) is 11.4. The molecule has 2 atom stereocenters. The molecule has 1 aliphatic carbocycles. The number of amides is 2. The van der Waals surface area contributed by atoms with Crippen LogP contribution >= 0.6 is 23.2 Å². The highest BCUT2D eigenvalue weighted by molar-refractivity contribution is 6.31. The normalized spacial score (nSPS) is 17.6.